The molecule has 0 saturated carbocycles. The van der Waals surface area contributed by atoms with Crippen LogP contribution >= 0.6 is 27.3 Å². The van der Waals surface area contributed by atoms with Crippen LogP contribution in [0.3, 0.4) is 0 Å². The highest BCUT2D eigenvalue weighted by molar-refractivity contribution is 9.11. The largest absolute Gasteiger partial charge is 0.264 e. The molecule has 2 heterocycles. The lowest BCUT2D eigenvalue weighted by Crippen LogP contribution is -2.26. The van der Waals surface area contributed by atoms with E-state index < -0.39 is 10.0 Å². The Bertz CT molecular complexity index is 626. The smallest absolute Gasteiger partial charge is 0.250 e. The molecule has 18 heavy (non-hydrogen) atoms. The second-order valence-corrected chi connectivity index (χ2v) is 8.09. The summed E-state index contributed by atoms with van der Waals surface area (Å²) in [7, 11) is -3.48. The number of pyridine rings is 1. The normalized spacial score (nSPS) is 13.4. The van der Waals surface area contributed by atoms with E-state index in [9.17, 15) is 8.42 Å². The molecule has 0 aliphatic carbocycles. The first kappa shape index (κ1) is 13.7. The third-order valence-electron chi connectivity index (χ3n) is 2.33. The van der Waals surface area contributed by atoms with Gasteiger partial charge in [0.2, 0.25) is 0 Å². The minimum absolute atomic E-state index is 0.296. The van der Waals surface area contributed by atoms with Gasteiger partial charge in [0.15, 0.2) is 0 Å². The van der Waals surface area contributed by atoms with E-state index in [1.54, 1.807) is 37.5 Å². The molecule has 7 heteroatoms. The topological polar surface area (TPSA) is 59.1 Å². The number of hydrogen-bond donors (Lipinski definition) is 1. The SMILES string of the molecule is CC(NS(=O)(=O)c1ccc(Br)s1)c1cccnc1. The van der Waals surface area contributed by atoms with E-state index in [0.29, 0.717) is 4.21 Å². The number of nitrogens with zero attached hydrogens (tertiary/aromatic N) is 1. The molecule has 0 aliphatic heterocycles. The summed E-state index contributed by atoms with van der Waals surface area (Å²) in [5, 5.41) is 0. The number of nitrogens with one attached hydrogen (secondary N) is 1. The molecule has 0 saturated heterocycles. The molecule has 0 radical (unpaired) electrons. The van der Waals surface area contributed by atoms with Gasteiger partial charge in [0.25, 0.3) is 10.0 Å². The summed E-state index contributed by atoms with van der Waals surface area (Å²) >= 11 is 4.43. The third kappa shape index (κ3) is 3.17. The maximum atomic E-state index is 12.1. The van der Waals surface area contributed by atoms with Crippen LogP contribution in [-0.4, -0.2) is 13.4 Å². The van der Waals surface area contributed by atoms with Gasteiger partial charge in [-0.1, -0.05) is 6.07 Å². The maximum Gasteiger partial charge on any atom is 0.250 e. The van der Waals surface area contributed by atoms with Crippen molar-refractivity contribution in [3.63, 3.8) is 0 Å². The van der Waals surface area contributed by atoms with E-state index in [2.05, 4.69) is 25.6 Å². The molecule has 2 aromatic heterocycles. The Labute approximate surface area is 118 Å². The van der Waals surface area contributed by atoms with Gasteiger partial charge in [-0.15, -0.1) is 11.3 Å². The number of halogens is 1. The molecule has 1 atom stereocenters. The van der Waals surface area contributed by atoms with Gasteiger partial charge < -0.3 is 0 Å². The Kier molecular flexibility index (Phi) is 4.16. The minimum atomic E-state index is -3.48. The van der Waals surface area contributed by atoms with E-state index in [4.69, 9.17) is 0 Å². The fourth-order valence-electron chi connectivity index (χ4n) is 1.43. The zero-order valence-electron chi connectivity index (χ0n) is 9.50. The van der Waals surface area contributed by atoms with Crippen molar-refractivity contribution < 1.29 is 8.42 Å². The van der Waals surface area contributed by atoms with Gasteiger partial charge >= 0.3 is 0 Å². The van der Waals surface area contributed by atoms with Gasteiger partial charge in [-0.2, -0.15) is 0 Å². The zero-order chi connectivity index (χ0) is 13.2. The first-order valence-corrected chi connectivity index (χ1v) is 8.26. The maximum absolute atomic E-state index is 12.1. The Morgan fingerprint density at radius 2 is 2.17 bits per heavy atom. The number of aromatic nitrogens is 1. The number of hydrogen-bond acceptors (Lipinski definition) is 4. The summed E-state index contributed by atoms with van der Waals surface area (Å²) in [4.78, 5) is 3.97. The molecular formula is C11H11BrN2O2S2. The molecule has 0 aromatic carbocycles. The quantitative estimate of drug-likeness (QED) is 0.925. The first-order chi connectivity index (χ1) is 8.49. The Balaban J connectivity index is 2.19. The third-order valence-corrected chi connectivity index (χ3v) is 5.99. The summed E-state index contributed by atoms with van der Waals surface area (Å²) < 4.78 is 27.9. The molecule has 2 rings (SSSR count). The van der Waals surface area contributed by atoms with E-state index in [-0.39, 0.29) is 6.04 Å². The average molecular weight is 347 g/mol. The first-order valence-electron chi connectivity index (χ1n) is 5.16. The summed E-state index contributed by atoms with van der Waals surface area (Å²) in [6, 6.07) is 6.59. The van der Waals surface area contributed by atoms with Crippen molar-refractivity contribution in [1.82, 2.24) is 9.71 Å². The molecule has 0 fully saturated rings. The zero-order valence-corrected chi connectivity index (χ0v) is 12.7. The van der Waals surface area contributed by atoms with Gasteiger partial charge in [0, 0.05) is 18.4 Å². The molecule has 0 aliphatic rings. The van der Waals surface area contributed by atoms with Crippen molar-refractivity contribution in [2.75, 3.05) is 0 Å². The molecule has 4 nitrogen and oxygen atoms in total. The van der Waals surface area contributed by atoms with Gasteiger partial charge in [0.1, 0.15) is 4.21 Å². The molecule has 2 aromatic rings. The number of thiophene rings is 1. The van der Waals surface area contributed by atoms with E-state index >= 15 is 0 Å². The highest BCUT2D eigenvalue weighted by Crippen LogP contribution is 2.27. The van der Waals surface area contributed by atoms with Crippen molar-refractivity contribution in [1.29, 1.82) is 0 Å². The van der Waals surface area contributed by atoms with Gasteiger partial charge in [-0.25, -0.2) is 13.1 Å². The van der Waals surface area contributed by atoms with Crippen molar-refractivity contribution in [3.05, 3.63) is 46.0 Å². The second kappa shape index (κ2) is 5.48. The van der Waals surface area contributed by atoms with Crippen LogP contribution in [0.4, 0.5) is 0 Å². The summed E-state index contributed by atoms with van der Waals surface area (Å²) in [6.07, 6.45) is 3.30. The Morgan fingerprint density at radius 1 is 1.39 bits per heavy atom. The van der Waals surface area contributed by atoms with Crippen LogP contribution in [0.2, 0.25) is 0 Å². The van der Waals surface area contributed by atoms with Crippen LogP contribution in [0.1, 0.15) is 18.5 Å². The monoisotopic (exact) mass is 346 g/mol. The van der Waals surface area contributed by atoms with Crippen molar-refractivity contribution in [2.24, 2.45) is 0 Å². The van der Waals surface area contributed by atoms with E-state index in [0.717, 1.165) is 9.35 Å². The minimum Gasteiger partial charge on any atom is -0.264 e. The second-order valence-electron chi connectivity index (χ2n) is 3.69. The van der Waals surface area contributed by atoms with Gasteiger partial charge in [-0.05, 0) is 46.6 Å². The van der Waals surface area contributed by atoms with Crippen LogP contribution in [0.5, 0.6) is 0 Å². The molecule has 1 N–H and O–H groups in total. The van der Waals surface area contributed by atoms with E-state index in [1.165, 1.54) is 11.3 Å². The van der Waals surface area contributed by atoms with Crippen LogP contribution in [-0.2, 0) is 10.0 Å². The lowest BCUT2D eigenvalue weighted by molar-refractivity contribution is 0.568. The standard InChI is InChI=1S/C11H11BrN2O2S2/c1-8(9-3-2-6-13-7-9)14-18(15,16)11-5-4-10(12)17-11/h2-8,14H,1H3. The van der Waals surface area contributed by atoms with Gasteiger partial charge in [-0.3, -0.25) is 4.98 Å². The van der Waals surface area contributed by atoms with Crippen molar-refractivity contribution in [3.8, 4) is 0 Å². The molecule has 96 valence electrons. The molecule has 1 unspecified atom stereocenters. The lowest BCUT2D eigenvalue weighted by Gasteiger charge is -2.13. The van der Waals surface area contributed by atoms with Crippen LogP contribution in [0, 0.1) is 0 Å². The van der Waals surface area contributed by atoms with Crippen LogP contribution in [0.25, 0.3) is 0 Å². The summed E-state index contributed by atoms with van der Waals surface area (Å²) in [5.74, 6) is 0. The molecule has 0 bridgehead atoms. The Hall–Kier alpha value is -0.760. The van der Waals surface area contributed by atoms with Crippen molar-refractivity contribution >= 4 is 37.3 Å². The Morgan fingerprint density at radius 3 is 2.72 bits per heavy atom. The highest BCUT2D eigenvalue weighted by atomic mass is 79.9. The predicted molar refractivity (Wildman–Crippen MR) is 75.0 cm³/mol. The van der Waals surface area contributed by atoms with Crippen LogP contribution < -0.4 is 4.72 Å². The highest BCUT2D eigenvalue weighted by Gasteiger charge is 2.20. The molecule has 0 amide bonds. The summed E-state index contributed by atoms with van der Waals surface area (Å²) in [5.41, 5.74) is 0.830. The van der Waals surface area contributed by atoms with Gasteiger partial charge in [0.05, 0.1) is 3.79 Å². The predicted octanol–water partition coefficient (Wildman–Crippen LogP) is 2.95. The van der Waals surface area contributed by atoms with Crippen LogP contribution in [0.15, 0.2) is 44.7 Å². The average Bonchev–Trinajstić information content (AvgIpc) is 2.77. The fourth-order valence-corrected chi connectivity index (χ4v) is 4.69. The number of rotatable bonds is 4. The fraction of sp³-hybridized carbons (Fsp3) is 0.182. The molecule has 0 spiro atoms. The lowest BCUT2D eigenvalue weighted by atomic mass is 10.2. The number of sulfonamides is 1. The van der Waals surface area contributed by atoms with E-state index in [1.807, 2.05) is 6.07 Å². The van der Waals surface area contributed by atoms with Crippen molar-refractivity contribution in [2.45, 2.75) is 17.2 Å². The molecular weight excluding hydrogens is 336 g/mol. The summed E-state index contributed by atoms with van der Waals surface area (Å²) in [6.45, 7) is 1.79.